The maximum Gasteiger partial charge on any atom is 0.241 e. The molecule has 0 bridgehead atoms. The molecule has 2 heterocycles. The van der Waals surface area contributed by atoms with Crippen LogP contribution in [0.3, 0.4) is 0 Å². The Balaban J connectivity index is 2.07. The molecule has 1 atom stereocenters. The molecule has 7 heteroatoms. The van der Waals surface area contributed by atoms with E-state index in [0.29, 0.717) is 11.4 Å². The number of rotatable bonds is 4. The van der Waals surface area contributed by atoms with E-state index in [2.05, 4.69) is 32.9 Å². The summed E-state index contributed by atoms with van der Waals surface area (Å²) in [6, 6.07) is 1.67. The minimum Gasteiger partial charge on any atom is -0.316 e. The highest BCUT2D eigenvalue weighted by Gasteiger charge is 2.29. The number of piperidine rings is 1. The summed E-state index contributed by atoms with van der Waals surface area (Å²) >= 11 is 4.77. The van der Waals surface area contributed by atoms with E-state index in [1.54, 1.807) is 6.07 Å². The van der Waals surface area contributed by atoms with Crippen LogP contribution >= 0.6 is 27.3 Å². The molecule has 0 radical (unpaired) electrons. The van der Waals surface area contributed by atoms with Crippen molar-refractivity contribution in [2.75, 3.05) is 19.6 Å². The lowest BCUT2D eigenvalue weighted by Crippen LogP contribution is -2.45. The number of nitrogens with one attached hydrogen (secondary N) is 2. The van der Waals surface area contributed by atoms with Crippen molar-refractivity contribution in [1.29, 1.82) is 0 Å². The van der Waals surface area contributed by atoms with Gasteiger partial charge >= 0.3 is 0 Å². The van der Waals surface area contributed by atoms with Crippen molar-refractivity contribution in [3.8, 4) is 0 Å². The van der Waals surface area contributed by atoms with Gasteiger partial charge in [0.1, 0.15) is 0 Å². The Morgan fingerprint density at radius 1 is 1.58 bits per heavy atom. The van der Waals surface area contributed by atoms with Gasteiger partial charge in [-0.05, 0) is 53.7 Å². The Morgan fingerprint density at radius 2 is 2.32 bits per heavy atom. The number of hydrogen-bond acceptors (Lipinski definition) is 4. The zero-order valence-corrected chi connectivity index (χ0v) is 14.3. The van der Waals surface area contributed by atoms with Crippen molar-refractivity contribution >= 4 is 37.3 Å². The highest BCUT2D eigenvalue weighted by molar-refractivity contribution is 9.11. The van der Waals surface area contributed by atoms with Crippen LogP contribution < -0.4 is 10.0 Å². The number of sulfonamides is 1. The molecule has 19 heavy (non-hydrogen) atoms. The number of aryl methyl sites for hydroxylation is 1. The molecule has 1 aliphatic rings. The zero-order chi connectivity index (χ0) is 14.1. The molecule has 0 amide bonds. The van der Waals surface area contributed by atoms with Gasteiger partial charge < -0.3 is 5.32 Å². The van der Waals surface area contributed by atoms with Crippen molar-refractivity contribution in [2.24, 2.45) is 5.41 Å². The average Bonchev–Trinajstić information content (AvgIpc) is 2.68. The predicted octanol–water partition coefficient (Wildman–Crippen LogP) is 2.49. The molecule has 1 unspecified atom stereocenters. The third-order valence-corrected chi connectivity index (χ3v) is 6.72. The van der Waals surface area contributed by atoms with E-state index in [1.165, 1.54) is 11.3 Å². The van der Waals surface area contributed by atoms with Gasteiger partial charge in [0, 0.05) is 18.0 Å². The minimum absolute atomic E-state index is 0.00643. The molecule has 108 valence electrons. The molecule has 1 aromatic rings. The first-order valence-corrected chi connectivity index (χ1v) is 9.38. The fourth-order valence-electron chi connectivity index (χ4n) is 2.31. The van der Waals surface area contributed by atoms with E-state index in [4.69, 9.17) is 0 Å². The van der Waals surface area contributed by atoms with Crippen LogP contribution in [0.15, 0.2) is 14.7 Å². The van der Waals surface area contributed by atoms with E-state index in [-0.39, 0.29) is 5.41 Å². The van der Waals surface area contributed by atoms with E-state index >= 15 is 0 Å². The van der Waals surface area contributed by atoms with Gasteiger partial charge in [-0.1, -0.05) is 6.92 Å². The standard InChI is InChI=1S/C12H19BrN2O2S2/c1-9-10(6-11(13)18-9)19(16,17)15-8-12(2)4-3-5-14-7-12/h6,14-15H,3-5,7-8H2,1-2H3. The van der Waals surface area contributed by atoms with Gasteiger partial charge in [-0.25, -0.2) is 13.1 Å². The van der Waals surface area contributed by atoms with Crippen LogP contribution in [0, 0.1) is 12.3 Å². The third kappa shape index (κ3) is 3.78. The van der Waals surface area contributed by atoms with Crippen LogP contribution in [-0.2, 0) is 10.0 Å². The number of thiophene rings is 1. The first-order chi connectivity index (χ1) is 8.82. The van der Waals surface area contributed by atoms with Crippen molar-refractivity contribution < 1.29 is 8.42 Å². The molecule has 0 aliphatic carbocycles. The van der Waals surface area contributed by atoms with E-state index < -0.39 is 10.0 Å². The Hall–Kier alpha value is 0.0500. The highest BCUT2D eigenvalue weighted by Crippen LogP contribution is 2.30. The second-order valence-electron chi connectivity index (χ2n) is 5.39. The molecule has 2 rings (SSSR count). The van der Waals surface area contributed by atoms with Crippen LogP contribution in [0.5, 0.6) is 0 Å². The van der Waals surface area contributed by atoms with Gasteiger partial charge in [-0.2, -0.15) is 0 Å². The van der Waals surface area contributed by atoms with Gasteiger partial charge in [-0.3, -0.25) is 0 Å². The summed E-state index contributed by atoms with van der Waals surface area (Å²) in [4.78, 5) is 1.20. The summed E-state index contributed by atoms with van der Waals surface area (Å²) in [5.74, 6) is 0. The Bertz CT molecular complexity index is 548. The van der Waals surface area contributed by atoms with Gasteiger partial charge in [0.05, 0.1) is 8.68 Å². The topological polar surface area (TPSA) is 58.2 Å². The molecular weight excluding hydrogens is 348 g/mol. The summed E-state index contributed by atoms with van der Waals surface area (Å²) in [6.45, 7) is 6.32. The van der Waals surface area contributed by atoms with Crippen LogP contribution in [-0.4, -0.2) is 28.1 Å². The first-order valence-electron chi connectivity index (χ1n) is 6.29. The molecule has 1 fully saturated rings. The molecule has 1 aromatic heterocycles. The lowest BCUT2D eigenvalue weighted by Gasteiger charge is -2.34. The highest BCUT2D eigenvalue weighted by atomic mass is 79.9. The number of hydrogen-bond donors (Lipinski definition) is 2. The van der Waals surface area contributed by atoms with Crippen LogP contribution in [0.25, 0.3) is 0 Å². The molecule has 2 N–H and O–H groups in total. The average molecular weight is 367 g/mol. The molecule has 0 spiro atoms. The summed E-state index contributed by atoms with van der Waals surface area (Å²) < 4.78 is 28.2. The van der Waals surface area contributed by atoms with Crippen molar-refractivity contribution in [3.05, 3.63) is 14.7 Å². The van der Waals surface area contributed by atoms with Crippen LogP contribution in [0.4, 0.5) is 0 Å². The third-order valence-electron chi connectivity index (χ3n) is 3.51. The van der Waals surface area contributed by atoms with E-state index in [9.17, 15) is 8.42 Å². The van der Waals surface area contributed by atoms with Crippen LogP contribution in [0.2, 0.25) is 0 Å². The minimum atomic E-state index is -3.40. The summed E-state index contributed by atoms with van der Waals surface area (Å²) in [6.07, 6.45) is 2.15. The fourth-order valence-corrected chi connectivity index (χ4v) is 5.93. The van der Waals surface area contributed by atoms with Gasteiger partial charge in [0.2, 0.25) is 10.0 Å². The summed E-state index contributed by atoms with van der Waals surface area (Å²) in [5, 5.41) is 3.33. The smallest absolute Gasteiger partial charge is 0.241 e. The first kappa shape index (κ1) is 15.4. The Morgan fingerprint density at radius 3 is 2.84 bits per heavy atom. The van der Waals surface area contributed by atoms with Crippen molar-refractivity contribution in [2.45, 2.75) is 31.6 Å². The summed E-state index contributed by atoms with van der Waals surface area (Å²) in [7, 11) is -3.40. The van der Waals surface area contributed by atoms with Crippen molar-refractivity contribution in [1.82, 2.24) is 10.0 Å². The van der Waals surface area contributed by atoms with Gasteiger partial charge in [0.15, 0.2) is 0 Å². The molecule has 1 saturated heterocycles. The molecule has 4 nitrogen and oxygen atoms in total. The normalized spacial score (nSPS) is 24.6. The van der Waals surface area contributed by atoms with Gasteiger partial charge in [0.25, 0.3) is 0 Å². The maximum absolute atomic E-state index is 12.3. The van der Waals surface area contributed by atoms with Crippen molar-refractivity contribution in [3.63, 3.8) is 0 Å². The second-order valence-corrected chi connectivity index (χ2v) is 9.76. The Kier molecular flexibility index (Phi) is 4.72. The largest absolute Gasteiger partial charge is 0.316 e. The lowest BCUT2D eigenvalue weighted by atomic mass is 9.83. The fraction of sp³-hybridized carbons (Fsp3) is 0.667. The predicted molar refractivity (Wildman–Crippen MR) is 82.2 cm³/mol. The molecule has 0 aromatic carbocycles. The quantitative estimate of drug-likeness (QED) is 0.860. The molecule has 0 saturated carbocycles. The zero-order valence-electron chi connectivity index (χ0n) is 11.1. The molecular formula is C12H19BrN2O2S2. The maximum atomic E-state index is 12.3. The SMILES string of the molecule is Cc1sc(Br)cc1S(=O)(=O)NCC1(C)CCCNC1. The van der Waals surface area contributed by atoms with Crippen LogP contribution in [0.1, 0.15) is 24.6 Å². The lowest BCUT2D eigenvalue weighted by molar-refractivity contribution is 0.238. The molecule has 1 aliphatic heterocycles. The Labute approximate surface area is 127 Å². The van der Waals surface area contributed by atoms with E-state index in [0.717, 1.165) is 34.6 Å². The summed E-state index contributed by atoms with van der Waals surface area (Å²) in [5.41, 5.74) is 0.00643. The monoisotopic (exact) mass is 366 g/mol. The second kappa shape index (κ2) is 5.81. The van der Waals surface area contributed by atoms with Gasteiger partial charge in [-0.15, -0.1) is 11.3 Å². The van der Waals surface area contributed by atoms with E-state index in [1.807, 2.05) is 6.92 Å². The number of halogens is 1.